The molecule has 0 saturated carbocycles. The van der Waals surface area contributed by atoms with E-state index in [1.807, 2.05) is 13.8 Å². The average molecular weight is 139 g/mol. The molecule has 0 aliphatic heterocycles. The van der Waals surface area contributed by atoms with E-state index in [0.29, 0.717) is 12.8 Å². The average Bonchev–Trinajstić information content (AvgIpc) is 1.92. The number of rotatable bonds is 3. The normalized spacial score (nSPS) is 10.5. The van der Waals surface area contributed by atoms with Gasteiger partial charge < -0.3 is 5.73 Å². The molecule has 3 heteroatoms. The Kier molecular flexibility index (Phi) is 2.88. The number of nitrogens with zero attached hydrogens (tertiary/aromatic N) is 1. The lowest BCUT2D eigenvalue weighted by molar-refractivity contribution is 0.501. The first kappa shape index (κ1) is 8.96. The lowest BCUT2D eigenvalue weighted by atomic mass is 9.83. The van der Waals surface area contributed by atoms with Crippen molar-refractivity contribution in [3.8, 4) is 6.07 Å². The SMILES string of the molecule is CCC(C#N)(CC)C(=N)N. The minimum atomic E-state index is -0.708. The highest BCUT2D eigenvalue weighted by atomic mass is 14.7. The van der Waals surface area contributed by atoms with Gasteiger partial charge in [-0.1, -0.05) is 13.8 Å². The van der Waals surface area contributed by atoms with Crippen molar-refractivity contribution in [2.75, 3.05) is 0 Å². The Morgan fingerprint density at radius 1 is 1.60 bits per heavy atom. The minimum absolute atomic E-state index is 0.0139. The molecule has 0 aliphatic rings. The van der Waals surface area contributed by atoms with Crippen molar-refractivity contribution in [1.82, 2.24) is 0 Å². The zero-order valence-electron chi connectivity index (χ0n) is 6.44. The molecule has 0 saturated heterocycles. The van der Waals surface area contributed by atoms with Crippen LogP contribution in [-0.2, 0) is 0 Å². The Hall–Kier alpha value is -1.04. The molecular formula is C7H13N3. The Balaban J connectivity index is 4.52. The lowest BCUT2D eigenvalue weighted by Crippen LogP contribution is -2.33. The minimum Gasteiger partial charge on any atom is -0.386 e. The van der Waals surface area contributed by atoms with Gasteiger partial charge in [0.2, 0.25) is 0 Å². The first-order chi connectivity index (χ1) is 4.63. The van der Waals surface area contributed by atoms with Crippen molar-refractivity contribution >= 4 is 5.84 Å². The molecular weight excluding hydrogens is 126 g/mol. The summed E-state index contributed by atoms with van der Waals surface area (Å²) >= 11 is 0. The van der Waals surface area contributed by atoms with Crippen molar-refractivity contribution in [2.24, 2.45) is 11.1 Å². The van der Waals surface area contributed by atoms with Crippen LogP contribution < -0.4 is 5.73 Å². The number of nitriles is 1. The molecule has 0 aliphatic carbocycles. The smallest absolute Gasteiger partial charge is 0.113 e. The highest BCUT2D eigenvalue weighted by Gasteiger charge is 2.29. The molecule has 3 N–H and O–H groups in total. The molecule has 10 heavy (non-hydrogen) atoms. The van der Waals surface area contributed by atoms with Gasteiger partial charge in [0, 0.05) is 0 Å². The Morgan fingerprint density at radius 2 is 2.00 bits per heavy atom. The van der Waals surface area contributed by atoms with Crippen LogP contribution >= 0.6 is 0 Å². The van der Waals surface area contributed by atoms with Crippen molar-refractivity contribution in [1.29, 1.82) is 10.7 Å². The maximum atomic E-state index is 8.68. The van der Waals surface area contributed by atoms with E-state index in [1.54, 1.807) is 0 Å². The molecule has 56 valence electrons. The van der Waals surface area contributed by atoms with Crippen molar-refractivity contribution in [3.05, 3.63) is 0 Å². The second-order valence-electron chi connectivity index (χ2n) is 2.31. The molecule has 0 aromatic rings. The molecule has 0 spiro atoms. The Labute approximate surface area is 61.3 Å². The first-order valence-corrected chi connectivity index (χ1v) is 3.38. The van der Waals surface area contributed by atoms with Crippen LogP contribution in [0.25, 0.3) is 0 Å². The maximum absolute atomic E-state index is 8.68. The summed E-state index contributed by atoms with van der Waals surface area (Å²) in [5, 5.41) is 15.8. The summed E-state index contributed by atoms with van der Waals surface area (Å²) in [6.07, 6.45) is 1.24. The van der Waals surface area contributed by atoms with Crippen LogP contribution in [0.4, 0.5) is 0 Å². The van der Waals surface area contributed by atoms with Crippen molar-refractivity contribution in [3.63, 3.8) is 0 Å². The van der Waals surface area contributed by atoms with E-state index < -0.39 is 5.41 Å². The molecule has 0 bridgehead atoms. The third-order valence-corrected chi connectivity index (χ3v) is 1.94. The van der Waals surface area contributed by atoms with E-state index in [2.05, 4.69) is 6.07 Å². The van der Waals surface area contributed by atoms with Crippen LogP contribution in [0.15, 0.2) is 0 Å². The van der Waals surface area contributed by atoms with Gasteiger partial charge >= 0.3 is 0 Å². The molecule has 0 amide bonds. The zero-order valence-corrected chi connectivity index (χ0v) is 6.44. The largest absolute Gasteiger partial charge is 0.386 e. The van der Waals surface area contributed by atoms with E-state index in [-0.39, 0.29) is 5.84 Å². The summed E-state index contributed by atoms with van der Waals surface area (Å²) in [4.78, 5) is 0. The quantitative estimate of drug-likeness (QED) is 0.456. The highest BCUT2D eigenvalue weighted by Crippen LogP contribution is 2.24. The third-order valence-electron chi connectivity index (χ3n) is 1.94. The fraction of sp³-hybridized carbons (Fsp3) is 0.714. The number of nitrogens with two attached hydrogens (primary N) is 1. The molecule has 3 nitrogen and oxygen atoms in total. The molecule has 0 radical (unpaired) electrons. The lowest BCUT2D eigenvalue weighted by Gasteiger charge is -2.20. The molecule has 0 atom stereocenters. The second-order valence-corrected chi connectivity index (χ2v) is 2.31. The summed E-state index contributed by atoms with van der Waals surface area (Å²) in [5.74, 6) is -0.0139. The molecule has 0 rings (SSSR count). The Bertz CT molecular complexity index is 162. The summed E-state index contributed by atoms with van der Waals surface area (Å²) in [6, 6.07) is 2.06. The number of hydrogen-bond acceptors (Lipinski definition) is 2. The van der Waals surface area contributed by atoms with Gasteiger partial charge in [-0.15, -0.1) is 0 Å². The molecule has 0 fully saturated rings. The maximum Gasteiger partial charge on any atom is 0.113 e. The number of hydrogen-bond donors (Lipinski definition) is 2. The highest BCUT2D eigenvalue weighted by molar-refractivity contribution is 5.86. The van der Waals surface area contributed by atoms with Gasteiger partial charge in [-0.25, -0.2) is 0 Å². The van der Waals surface area contributed by atoms with E-state index in [1.165, 1.54) is 0 Å². The van der Waals surface area contributed by atoms with Crippen LogP contribution in [0.3, 0.4) is 0 Å². The summed E-state index contributed by atoms with van der Waals surface area (Å²) in [5.41, 5.74) is 4.56. The van der Waals surface area contributed by atoms with Crippen molar-refractivity contribution in [2.45, 2.75) is 26.7 Å². The van der Waals surface area contributed by atoms with Crippen LogP contribution in [0.5, 0.6) is 0 Å². The van der Waals surface area contributed by atoms with Crippen LogP contribution in [-0.4, -0.2) is 5.84 Å². The Morgan fingerprint density at radius 3 is 2.00 bits per heavy atom. The molecule has 0 aromatic heterocycles. The van der Waals surface area contributed by atoms with Gasteiger partial charge in [-0.05, 0) is 12.8 Å². The predicted octanol–water partition coefficient (Wildman–Crippen LogP) is 1.25. The van der Waals surface area contributed by atoms with E-state index in [4.69, 9.17) is 16.4 Å². The van der Waals surface area contributed by atoms with Gasteiger partial charge in [0.1, 0.15) is 11.3 Å². The predicted molar refractivity (Wildman–Crippen MR) is 40.5 cm³/mol. The van der Waals surface area contributed by atoms with Gasteiger partial charge in [-0.3, -0.25) is 5.41 Å². The summed E-state index contributed by atoms with van der Waals surface area (Å²) in [7, 11) is 0. The van der Waals surface area contributed by atoms with E-state index in [9.17, 15) is 0 Å². The van der Waals surface area contributed by atoms with Crippen LogP contribution in [0, 0.1) is 22.2 Å². The zero-order chi connectivity index (χ0) is 8.20. The molecule has 0 aromatic carbocycles. The number of nitrogens with one attached hydrogen (secondary N) is 1. The topological polar surface area (TPSA) is 73.7 Å². The first-order valence-electron chi connectivity index (χ1n) is 3.38. The van der Waals surface area contributed by atoms with Gasteiger partial charge in [0.05, 0.1) is 6.07 Å². The number of amidine groups is 1. The van der Waals surface area contributed by atoms with E-state index in [0.717, 1.165) is 0 Å². The third kappa shape index (κ3) is 1.27. The fourth-order valence-electron chi connectivity index (χ4n) is 0.849. The van der Waals surface area contributed by atoms with Crippen LogP contribution in [0.2, 0.25) is 0 Å². The van der Waals surface area contributed by atoms with Gasteiger partial charge in [-0.2, -0.15) is 5.26 Å². The van der Waals surface area contributed by atoms with Crippen molar-refractivity contribution < 1.29 is 0 Å². The fourth-order valence-corrected chi connectivity index (χ4v) is 0.849. The van der Waals surface area contributed by atoms with E-state index >= 15 is 0 Å². The summed E-state index contributed by atoms with van der Waals surface area (Å²) in [6.45, 7) is 3.74. The standard InChI is InChI=1S/C7H13N3/c1-3-7(4-2,5-8)6(9)10/h3-4H2,1-2H3,(H3,9,10). The van der Waals surface area contributed by atoms with Gasteiger partial charge in [0.15, 0.2) is 0 Å². The summed E-state index contributed by atoms with van der Waals surface area (Å²) < 4.78 is 0. The van der Waals surface area contributed by atoms with Crippen LogP contribution in [0.1, 0.15) is 26.7 Å². The van der Waals surface area contributed by atoms with Gasteiger partial charge in [0.25, 0.3) is 0 Å². The molecule has 0 unspecified atom stereocenters. The molecule has 0 heterocycles. The monoisotopic (exact) mass is 139 g/mol. The second kappa shape index (κ2) is 3.21.